The van der Waals surface area contributed by atoms with Crippen molar-refractivity contribution in [2.45, 2.75) is 50.0 Å². The van der Waals surface area contributed by atoms with Gasteiger partial charge in [0.25, 0.3) is 0 Å². The quantitative estimate of drug-likeness (QED) is 0.883. The summed E-state index contributed by atoms with van der Waals surface area (Å²) in [5, 5.41) is 0. The lowest BCUT2D eigenvalue weighted by Gasteiger charge is -2.28. The maximum absolute atomic E-state index is 13.8. The average Bonchev–Trinajstić information content (AvgIpc) is 2.37. The van der Waals surface area contributed by atoms with E-state index in [1.54, 1.807) is 0 Å². The molecule has 1 aliphatic carbocycles. The van der Waals surface area contributed by atoms with E-state index in [0.717, 1.165) is 32.1 Å². The summed E-state index contributed by atoms with van der Waals surface area (Å²) < 4.78 is 41.5. The molecule has 0 amide bonds. The molecule has 112 valence electrons. The van der Waals surface area contributed by atoms with Crippen LogP contribution in [-0.2, 0) is 10.0 Å². The minimum atomic E-state index is -3.78. The third kappa shape index (κ3) is 3.80. The van der Waals surface area contributed by atoms with Crippen LogP contribution in [0.4, 0.5) is 4.39 Å². The summed E-state index contributed by atoms with van der Waals surface area (Å²) in [4.78, 5) is -0.278. The number of sulfonamides is 1. The van der Waals surface area contributed by atoms with Gasteiger partial charge < -0.3 is 0 Å². The Bertz CT molecular complexity index is 577. The number of hydrogen-bond donors (Lipinski definition) is 1. The van der Waals surface area contributed by atoms with Crippen molar-refractivity contribution in [1.29, 1.82) is 0 Å². The van der Waals surface area contributed by atoms with Gasteiger partial charge in [-0.05, 0) is 37.0 Å². The Balaban J connectivity index is 2.14. The Morgan fingerprint density at radius 3 is 2.80 bits per heavy atom. The first-order valence-corrected chi connectivity index (χ1v) is 9.17. The second kappa shape index (κ2) is 6.54. The van der Waals surface area contributed by atoms with Crippen molar-refractivity contribution in [2.75, 3.05) is 0 Å². The topological polar surface area (TPSA) is 46.2 Å². The molecular formula is C14H19BrFNO2S. The molecule has 0 saturated heterocycles. The standard InChI is InChI=1S/C14H19BrFNO2S/c1-2-10-4-3-5-12(8-10)17-20(18,19)14-7-6-11(15)9-13(14)16/h6-7,9-10,12,17H,2-5,8H2,1H3. The van der Waals surface area contributed by atoms with Crippen LogP contribution in [0.5, 0.6) is 0 Å². The highest BCUT2D eigenvalue weighted by Crippen LogP contribution is 2.28. The summed E-state index contributed by atoms with van der Waals surface area (Å²) in [5.41, 5.74) is 0. The van der Waals surface area contributed by atoms with Crippen LogP contribution in [0.3, 0.4) is 0 Å². The molecule has 1 aliphatic rings. The van der Waals surface area contributed by atoms with Gasteiger partial charge >= 0.3 is 0 Å². The molecule has 1 aromatic carbocycles. The number of nitrogens with one attached hydrogen (secondary N) is 1. The van der Waals surface area contributed by atoms with Gasteiger partial charge in [0.2, 0.25) is 10.0 Å². The SMILES string of the molecule is CCC1CCCC(NS(=O)(=O)c2ccc(Br)cc2F)C1. The van der Waals surface area contributed by atoms with Gasteiger partial charge in [-0.2, -0.15) is 0 Å². The van der Waals surface area contributed by atoms with E-state index < -0.39 is 15.8 Å². The molecule has 0 radical (unpaired) electrons. The summed E-state index contributed by atoms with van der Waals surface area (Å²) >= 11 is 3.12. The molecule has 1 saturated carbocycles. The molecule has 0 aliphatic heterocycles. The molecule has 1 fully saturated rings. The van der Waals surface area contributed by atoms with Crippen molar-refractivity contribution in [2.24, 2.45) is 5.92 Å². The Morgan fingerprint density at radius 2 is 2.15 bits per heavy atom. The van der Waals surface area contributed by atoms with Crippen LogP contribution < -0.4 is 4.72 Å². The Kier molecular flexibility index (Phi) is 5.20. The van der Waals surface area contributed by atoms with E-state index in [2.05, 4.69) is 27.6 Å². The fraction of sp³-hybridized carbons (Fsp3) is 0.571. The Hall–Kier alpha value is -0.460. The molecule has 1 aromatic rings. The molecule has 3 nitrogen and oxygen atoms in total. The van der Waals surface area contributed by atoms with Gasteiger partial charge in [0.05, 0.1) is 0 Å². The first-order chi connectivity index (χ1) is 9.42. The number of benzene rings is 1. The van der Waals surface area contributed by atoms with Crippen molar-refractivity contribution in [3.63, 3.8) is 0 Å². The van der Waals surface area contributed by atoms with Crippen LogP contribution in [0.25, 0.3) is 0 Å². The van der Waals surface area contributed by atoms with Crippen molar-refractivity contribution in [3.8, 4) is 0 Å². The van der Waals surface area contributed by atoms with Crippen LogP contribution in [0.2, 0.25) is 0 Å². The van der Waals surface area contributed by atoms with Crippen LogP contribution in [0.1, 0.15) is 39.0 Å². The monoisotopic (exact) mass is 363 g/mol. The van der Waals surface area contributed by atoms with E-state index in [1.165, 1.54) is 18.2 Å². The zero-order valence-electron chi connectivity index (χ0n) is 11.4. The molecule has 0 bridgehead atoms. The van der Waals surface area contributed by atoms with Gasteiger partial charge in [-0.25, -0.2) is 17.5 Å². The molecule has 2 rings (SSSR count). The lowest BCUT2D eigenvalue weighted by molar-refractivity contribution is 0.301. The fourth-order valence-corrected chi connectivity index (χ4v) is 4.42. The van der Waals surface area contributed by atoms with E-state index in [0.29, 0.717) is 10.4 Å². The molecule has 1 N–H and O–H groups in total. The van der Waals surface area contributed by atoms with Gasteiger partial charge in [-0.1, -0.05) is 42.1 Å². The number of hydrogen-bond acceptors (Lipinski definition) is 2. The maximum atomic E-state index is 13.8. The van der Waals surface area contributed by atoms with Crippen molar-refractivity contribution in [1.82, 2.24) is 4.72 Å². The molecule has 0 spiro atoms. The fourth-order valence-electron chi connectivity index (χ4n) is 2.74. The Labute approximate surface area is 128 Å². The largest absolute Gasteiger partial charge is 0.243 e. The van der Waals surface area contributed by atoms with Crippen LogP contribution in [-0.4, -0.2) is 14.5 Å². The van der Waals surface area contributed by atoms with Crippen LogP contribution in [0.15, 0.2) is 27.6 Å². The maximum Gasteiger partial charge on any atom is 0.243 e. The van der Waals surface area contributed by atoms with Gasteiger partial charge in [0.1, 0.15) is 10.7 Å². The van der Waals surface area contributed by atoms with E-state index in [-0.39, 0.29) is 10.9 Å². The summed E-state index contributed by atoms with van der Waals surface area (Å²) in [6.45, 7) is 2.12. The predicted octanol–water partition coefficient (Wildman–Crippen LogP) is 3.84. The minimum Gasteiger partial charge on any atom is -0.208 e. The zero-order chi connectivity index (χ0) is 14.8. The highest BCUT2D eigenvalue weighted by molar-refractivity contribution is 9.10. The van der Waals surface area contributed by atoms with Crippen LogP contribution >= 0.6 is 15.9 Å². The van der Waals surface area contributed by atoms with Crippen molar-refractivity contribution in [3.05, 3.63) is 28.5 Å². The second-order valence-electron chi connectivity index (χ2n) is 5.33. The first-order valence-electron chi connectivity index (χ1n) is 6.89. The average molecular weight is 364 g/mol. The third-order valence-corrected chi connectivity index (χ3v) is 5.91. The number of halogens is 2. The van der Waals surface area contributed by atoms with E-state index in [4.69, 9.17) is 0 Å². The Morgan fingerprint density at radius 1 is 1.40 bits per heavy atom. The highest BCUT2D eigenvalue weighted by atomic mass is 79.9. The van der Waals surface area contributed by atoms with E-state index in [9.17, 15) is 12.8 Å². The van der Waals surface area contributed by atoms with E-state index >= 15 is 0 Å². The lowest BCUT2D eigenvalue weighted by atomic mass is 9.85. The van der Waals surface area contributed by atoms with Crippen molar-refractivity contribution >= 4 is 26.0 Å². The minimum absolute atomic E-state index is 0.0817. The molecule has 2 atom stereocenters. The van der Waals surface area contributed by atoms with Crippen LogP contribution in [0, 0.1) is 11.7 Å². The van der Waals surface area contributed by atoms with Gasteiger partial charge in [-0.3, -0.25) is 0 Å². The smallest absolute Gasteiger partial charge is 0.208 e. The molecule has 6 heteroatoms. The molecule has 2 unspecified atom stereocenters. The van der Waals surface area contributed by atoms with Gasteiger partial charge in [0.15, 0.2) is 0 Å². The molecule has 0 heterocycles. The summed E-state index contributed by atoms with van der Waals surface area (Å²) in [5.74, 6) is -0.166. The molecule has 20 heavy (non-hydrogen) atoms. The van der Waals surface area contributed by atoms with E-state index in [1.807, 2.05) is 0 Å². The first kappa shape index (κ1) is 15.9. The summed E-state index contributed by atoms with van der Waals surface area (Å²) in [7, 11) is -3.78. The summed E-state index contributed by atoms with van der Waals surface area (Å²) in [6, 6.07) is 3.92. The third-order valence-electron chi connectivity index (χ3n) is 3.87. The highest BCUT2D eigenvalue weighted by Gasteiger charge is 2.27. The summed E-state index contributed by atoms with van der Waals surface area (Å²) in [6.07, 6.45) is 4.91. The zero-order valence-corrected chi connectivity index (χ0v) is 13.8. The van der Waals surface area contributed by atoms with Gasteiger partial charge in [0, 0.05) is 10.5 Å². The van der Waals surface area contributed by atoms with Crippen molar-refractivity contribution < 1.29 is 12.8 Å². The predicted molar refractivity (Wildman–Crippen MR) is 80.5 cm³/mol. The second-order valence-corrected chi connectivity index (χ2v) is 7.93. The number of rotatable bonds is 4. The molecule has 0 aromatic heterocycles. The lowest BCUT2D eigenvalue weighted by Crippen LogP contribution is -2.38. The van der Waals surface area contributed by atoms with Gasteiger partial charge in [-0.15, -0.1) is 0 Å². The molecular weight excluding hydrogens is 345 g/mol. The normalized spacial score (nSPS) is 23.8.